The molecule has 1 saturated carbocycles. The highest BCUT2D eigenvalue weighted by Crippen LogP contribution is 2.48. The number of hydrogen-bond donors (Lipinski definition) is 2. The smallest absolute Gasteiger partial charge is 0.313 e. The molecule has 1 aliphatic carbocycles. The lowest BCUT2D eigenvalue weighted by molar-refractivity contribution is -0.142. The Kier molecular flexibility index (Phi) is 4.38. The maximum Gasteiger partial charge on any atom is 0.313 e. The summed E-state index contributed by atoms with van der Waals surface area (Å²) >= 11 is 0. The molecule has 0 aliphatic heterocycles. The van der Waals surface area contributed by atoms with Gasteiger partial charge in [0.2, 0.25) is 5.91 Å². The van der Waals surface area contributed by atoms with E-state index in [9.17, 15) is 14.7 Å². The Balaban J connectivity index is 1.65. The number of benzene rings is 2. The Hall–Kier alpha value is -2.62. The monoisotopic (exact) mass is 337 g/mol. The van der Waals surface area contributed by atoms with Crippen LogP contribution >= 0.6 is 0 Å². The van der Waals surface area contributed by atoms with Crippen LogP contribution in [-0.4, -0.2) is 17.0 Å². The molecule has 0 aromatic heterocycles. The first-order valence-corrected chi connectivity index (χ1v) is 8.51. The van der Waals surface area contributed by atoms with Crippen LogP contribution in [0.3, 0.4) is 0 Å². The Morgan fingerprint density at radius 2 is 1.72 bits per heavy atom. The van der Waals surface area contributed by atoms with Crippen molar-refractivity contribution in [3.63, 3.8) is 0 Å². The molecule has 0 heterocycles. The Bertz CT molecular complexity index is 808. The van der Waals surface area contributed by atoms with E-state index in [0.29, 0.717) is 17.2 Å². The van der Waals surface area contributed by atoms with Crippen LogP contribution in [0.2, 0.25) is 0 Å². The van der Waals surface area contributed by atoms with Crippen molar-refractivity contribution in [2.75, 3.05) is 5.32 Å². The molecule has 1 aliphatic rings. The topological polar surface area (TPSA) is 66.4 Å². The average Bonchev–Trinajstić information content (AvgIpc) is 3.36. The lowest BCUT2D eigenvalue weighted by atomic mass is 9.85. The van der Waals surface area contributed by atoms with Gasteiger partial charge in [0, 0.05) is 11.6 Å². The standard InChI is InChI=1S/C21H23NO3/c1-13-6-4-5-7-16(13)17-12-18(17)19(23)22-15-10-8-14(9-11-15)21(2,3)20(24)25/h4-11,17-18H,12H2,1-3H3,(H,22,23)(H,24,25). The SMILES string of the molecule is Cc1ccccc1C1CC1C(=O)Nc1ccc(C(C)(C)C(=O)O)cc1. The molecule has 0 bridgehead atoms. The van der Waals surface area contributed by atoms with Gasteiger partial charge in [-0.2, -0.15) is 0 Å². The van der Waals surface area contributed by atoms with Gasteiger partial charge in [0.05, 0.1) is 5.41 Å². The van der Waals surface area contributed by atoms with Crippen molar-refractivity contribution in [3.05, 3.63) is 65.2 Å². The highest BCUT2D eigenvalue weighted by molar-refractivity contribution is 5.95. The first-order valence-electron chi connectivity index (χ1n) is 8.51. The van der Waals surface area contributed by atoms with E-state index < -0.39 is 11.4 Å². The predicted octanol–water partition coefficient (Wildman–Crippen LogP) is 4.10. The van der Waals surface area contributed by atoms with E-state index in [1.54, 1.807) is 38.1 Å². The van der Waals surface area contributed by atoms with Crippen LogP contribution in [0.1, 0.15) is 42.9 Å². The van der Waals surface area contributed by atoms with Gasteiger partial charge in [-0.25, -0.2) is 0 Å². The molecular formula is C21H23NO3. The molecule has 2 aromatic rings. The maximum absolute atomic E-state index is 12.5. The van der Waals surface area contributed by atoms with E-state index in [4.69, 9.17) is 0 Å². The Morgan fingerprint density at radius 3 is 2.32 bits per heavy atom. The van der Waals surface area contributed by atoms with Gasteiger partial charge in [0.15, 0.2) is 0 Å². The van der Waals surface area contributed by atoms with E-state index in [1.807, 2.05) is 12.1 Å². The molecule has 2 aromatic carbocycles. The third kappa shape index (κ3) is 3.43. The number of aliphatic carboxylic acids is 1. The second-order valence-corrected chi connectivity index (χ2v) is 7.30. The number of aryl methyl sites for hydroxylation is 1. The van der Waals surface area contributed by atoms with Gasteiger partial charge >= 0.3 is 5.97 Å². The van der Waals surface area contributed by atoms with E-state index >= 15 is 0 Å². The van der Waals surface area contributed by atoms with Crippen molar-refractivity contribution in [2.24, 2.45) is 5.92 Å². The molecule has 4 nitrogen and oxygen atoms in total. The van der Waals surface area contributed by atoms with Gasteiger partial charge in [0.1, 0.15) is 0 Å². The summed E-state index contributed by atoms with van der Waals surface area (Å²) in [4.78, 5) is 23.8. The molecular weight excluding hydrogens is 314 g/mol. The molecule has 1 fully saturated rings. The van der Waals surface area contributed by atoms with Crippen LogP contribution in [0.15, 0.2) is 48.5 Å². The summed E-state index contributed by atoms with van der Waals surface area (Å²) in [5, 5.41) is 12.2. The van der Waals surface area contributed by atoms with Crippen molar-refractivity contribution in [1.82, 2.24) is 0 Å². The maximum atomic E-state index is 12.5. The third-order valence-corrected chi connectivity index (χ3v) is 5.12. The van der Waals surface area contributed by atoms with Crippen LogP contribution in [0.4, 0.5) is 5.69 Å². The fraction of sp³-hybridized carbons (Fsp3) is 0.333. The van der Waals surface area contributed by atoms with Gasteiger partial charge in [0.25, 0.3) is 0 Å². The van der Waals surface area contributed by atoms with Crippen LogP contribution in [0, 0.1) is 12.8 Å². The van der Waals surface area contributed by atoms with Crippen LogP contribution in [0.5, 0.6) is 0 Å². The zero-order chi connectivity index (χ0) is 18.2. The predicted molar refractivity (Wildman–Crippen MR) is 97.8 cm³/mol. The van der Waals surface area contributed by atoms with Crippen molar-refractivity contribution < 1.29 is 14.7 Å². The van der Waals surface area contributed by atoms with Crippen molar-refractivity contribution in [2.45, 2.75) is 38.5 Å². The number of hydrogen-bond acceptors (Lipinski definition) is 2. The number of carbonyl (C=O) groups excluding carboxylic acids is 1. The van der Waals surface area contributed by atoms with Crippen molar-refractivity contribution >= 4 is 17.6 Å². The summed E-state index contributed by atoms with van der Waals surface area (Å²) in [5.74, 6) is -0.538. The average molecular weight is 337 g/mol. The molecule has 0 radical (unpaired) electrons. The molecule has 1 amide bonds. The zero-order valence-electron chi connectivity index (χ0n) is 14.7. The summed E-state index contributed by atoms with van der Waals surface area (Å²) in [6, 6.07) is 15.2. The van der Waals surface area contributed by atoms with Crippen molar-refractivity contribution in [3.8, 4) is 0 Å². The van der Waals surface area contributed by atoms with Gasteiger partial charge in [-0.1, -0.05) is 36.4 Å². The summed E-state index contributed by atoms with van der Waals surface area (Å²) in [7, 11) is 0. The normalized spacial score (nSPS) is 19.3. The summed E-state index contributed by atoms with van der Waals surface area (Å²) in [6.45, 7) is 5.41. The summed E-state index contributed by atoms with van der Waals surface area (Å²) in [5.41, 5.74) is 2.94. The van der Waals surface area contributed by atoms with Gasteiger partial charge in [-0.15, -0.1) is 0 Å². The zero-order valence-corrected chi connectivity index (χ0v) is 14.7. The van der Waals surface area contributed by atoms with Crippen LogP contribution in [-0.2, 0) is 15.0 Å². The number of carboxylic acids is 1. The molecule has 2 atom stereocenters. The van der Waals surface area contributed by atoms with Crippen LogP contribution in [0.25, 0.3) is 0 Å². The molecule has 2 unspecified atom stereocenters. The lowest BCUT2D eigenvalue weighted by Gasteiger charge is -2.19. The van der Waals surface area contributed by atoms with E-state index in [-0.39, 0.29) is 11.8 Å². The quantitative estimate of drug-likeness (QED) is 0.863. The summed E-state index contributed by atoms with van der Waals surface area (Å²) < 4.78 is 0. The lowest BCUT2D eigenvalue weighted by Crippen LogP contribution is -2.28. The summed E-state index contributed by atoms with van der Waals surface area (Å²) in [6.07, 6.45) is 0.876. The molecule has 130 valence electrons. The van der Waals surface area contributed by atoms with Crippen LogP contribution < -0.4 is 5.32 Å². The molecule has 25 heavy (non-hydrogen) atoms. The Morgan fingerprint density at radius 1 is 1.08 bits per heavy atom. The fourth-order valence-corrected chi connectivity index (χ4v) is 3.16. The number of carboxylic acid groups (broad SMARTS) is 1. The molecule has 3 rings (SSSR count). The molecule has 2 N–H and O–H groups in total. The first-order chi connectivity index (χ1) is 11.8. The van der Waals surface area contributed by atoms with E-state index in [0.717, 1.165) is 6.42 Å². The highest BCUT2D eigenvalue weighted by atomic mass is 16.4. The molecule has 0 spiro atoms. The van der Waals surface area contributed by atoms with Gasteiger partial charge < -0.3 is 10.4 Å². The second-order valence-electron chi connectivity index (χ2n) is 7.30. The molecule has 0 saturated heterocycles. The largest absolute Gasteiger partial charge is 0.481 e. The molecule has 4 heteroatoms. The fourth-order valence-electron chi connectivity index (χ4n) is 3.16. The highest BCUT2D eigenvalue weighted by Gasteiger charge is 2.44. The van der Waals surface area contributed by atoms with E-state index in [2.05, 4.69) is 24.4 Å². The van der Waals surface area contributed by atoms with Gasteiger partial charge in [-0.3, -0.25) is 9.59 Å². The van der Waals surface area contributed by atoms with Gasteiger partial charge in [-0.05, 0) is 61.9 Å². The third-order valence-electron chi connectivity index (χ3n) is 5.12. The van der Waals surface area contributed by atoms with E-state index in [1.165, 1.54) is 11.1 Å². The second kappa shape index (κ2) is 6.36. The number of rotatable bonds is 5. The van der Waals surface area contributed by atoms with Crippen molar-refractivity contribution in [1.29, 1.82) is 0 Å². The Labute approximate surface area is 147 Å². The first kappa shape index (κ1) is 17.2. The number of nitrogens with one attached hydrogen (secondary N) is 1. The minimum Gasteiger partial charge on any atom is -0.481 e. The number of amides is 1. The minimum absolute atomic E-state index is 0.0104. The number of anilines is 1. The number of carbonyl (C=O) groups is 2. The minimum atomic E-state index is -0.949.